The van der Waals surface area contributed by atoms with Gasteiger partial charge in [-0.25, -0.2) is 0 Å². The number of carbonyl (C=O) groups is 2. The molecule has 4 atom stereocenters. The summed E-state index contributed by atoms with van der Waals surface area (Å²) in [6.07, 6.45) is 9.52. The first-order valence-corrected chi connectivity index (χ1v) is 15.7. The van der Waals surface area contributed by atoms with Gasteiger partial charge >= 0.3 is 0 Å². The Bertz CT molecular complexity index is 1380. The number of nitrogens with zero attached hydrogens (tertiary/aromatic N) is 1. The Hall–Kier alpha value is -3.38. The van der Waals surface area contributed by atoms with Gasteiger partial charge in [-0.15, -0.1) is 0 Å². The first-order chi connectivity index (χ1) is 20.3. The maximum absolute atomic E-state index is 13.9. The van der Waals surface area contributed by atoms with Crippen molar-refractivity contribution in [3.63, 3.8) is 0 Å². The summed E-state index contributed by atoms with van der Waals surface area (Å²) >= 11 is 0. The SMILES string of the molecule is C/C(=C\c1cc(C)c(O)c(C)c1)CC[C@H]1OC[C@H]2C1=C(COc1ccccc1)C[C@H]1C(=O)N(C3CCCCC3)C(=O)[C@H]12. The zero-order valence-corrected chi connectivity index (χ0v) is 25.1. The van der Waals surface area contributed by atoms with E-state index < -0.39 is 0 Å². The van der Waals surface area contributed by atoms with E-state index in [1.807, 2.05) is 56.3 Å². The van der Waals surface area contributed by atoms with Crippen LogP contribution in [0.5, 0.6) is 11.5 Å². The molecule has 6 rings (SSSR count). The number of fused-ring (bicyclic) bond motifs is 3. The molecule has 0 aromatic heterocycles. The molecule has 0 unspecified atom stereocenters. The number of allylic oxidation sites excluding steroid dienone is 1. The van der Waals surface area contributed by atoms with Crippen LogP contribution >= 0.6 is 0 Å². The molecule has 4 aliphatic rings. The number of imide groups is 1. The summed E-state index contributed by atoms with van der Waals surface area (Å²) in [6.45, 7) is 6.87. The van der Waals surface area contributed by atoms with Gasteiger partial charge in [0, 0.05) is 12.0 Å². The molecule has 0 bridgehead atoms. The molecule has 2 saturated heterocycles. The normalized spacial score (nSPS) is 26.5. The van der Waals surface area contributed by atoms with Crippen molar-refractivity contribution in [3.05, 3.63) is 75.9 Å². The lowest BCUT2D eigenvalue weighted by molar-refractivity contribution is -0.143. The number of phenols is 1. The number of carbonyl (C=O) groups excluding carboxylic acids is 2. The molecule has 2 aliphatic carbocycles. The number of amides is 2. The van der Waals surface area contributed by atoms with E-state index in [0.717, 1.165) is 66.5 Å². The van der Waals surface area contributed by atoms with Gasteiger partial charge in [0.25, 0.3) is 0 Å². The number of phenolic OH excluding ortho intramolecular Hbond substituents is 1. The average molecular weight is 570 g/mol. The van der Waals surface area contributed by atoms with Crippen LogP contribution in [0.15, 0.2) is 59.2 Å². The van der Waals surface area contributed by atoms with E-state index in [-0.39, 0.29) is 41.7 Å². The van der Waals surface area contributed by atoms with E-state index >= 15 is 0 Å². The number of aromatic hydroxyl groups is 1. The minimum absolute atomic E-state index is 0.0230. The van der Waals surface area contributed by atoms with E-state index in [2.05, 4.69) is 13.0 Å². The largest absolute Gasteiger partial charge is 0.507 e. The molecule has 2 aliphatic heterocycles. The van der Waals surface area contributed by atoms with Gasteiger partial charge in [-0.2, -0.15) is 0 Å². The highest BCUT2D eigenvalue weighted by Crippen LogP contribution is 2.51. The molecule has 2 aromatic rings. The van der Waals surface area contributed by atoms with Gasteiger partial charge < -0.3 is 14.6 Å². The van der Waals surface area contributed by atoms with Crippen LogP contribution in [0.25, 0.3) is 6.08 Å². The molecule has 2 amide bonds. The molecular formula is C36H43NO5. The molecule has 1 saturated carbocycles. The number of hydrogen-bond acceptors (Lipinski definition) is 5. The monoisotopic (exact) mass is 569 g/mol. The lowest BCUT2D eigenvalue weighted by Gasteiger charge is -2.32. The number of hydrogen-bond donors (Lipinski definition) is 1. The molecule has 1 N–H and O–H groups in total. The molecule has 222 valence electrons. The minimum atomic E-state index is -0.320. The van der Waals surface area contributed by atoms with Gasteiger partial charge in [-0.05, 0) is 105 Å². The number of benzene rings is 2. The van der Waals surface area contributed by atoms with E-state index in [1.165, 1.54) is 17.6 Å². The number of para-hydroxylation sites is 1. The summed E-state index contributed by atoms with van der Waals surface area (Å²) < 4.78 is 12.7. The van der Waals surface area contributed by atoms with Gasteiger partial charge in [0.15, 0.2) is 0 Å². The maximum atomic E-state index is 13.9. The van der Waals surface area contributed by atoms with Crippen LogP contribution in [-0.4, -0.2) is 47.2 Å². The van der Waals surface area contributed by atoms with Crippen LogP contribution in [0.2, 0.25) is 0 Å². The Kier molecular flexibility index (Phi) is 8.26. The van der Waals surface area contributed by atoms with Crippen molar-refractivity contribution in [2.45, 2.75) is 84.3 Å². The van der Waals surface area contributed by atoms with E-state index in [1.54, 1.807) is 4.90 Å². The second-order valence-corrected chi connectivity index (χ2v) is 12.8. The number of likely N-dealkylation sites (tertiary alicyclic amines) is 1. The van der Waals surface area contributed by atoms with Crippen molar-refractivity contribution >= 4 is 17.9 Å². The van der Waals surface area contributed by atoms with E-state index in [0.29, 0.717) is 25.4 Å². The zero-order valence-electron chi connectivity index (χ0n) is 25.1. The Morgan fingerprint density at radius 2 is 1.74 bits per heavy atom. The maximum Gasteiger partial charge on any atom is 0.234 e. The van der Waals surface area contributed by atoms with Crippen LogP contribution in [-0.2, 0) is 14.3 Å². The smallest absolute Gasteiger partial charge is 0.234 e. The second-order valence-electron chi connectivity index (χ2n) is 12.8. The van der Waals surface area contributed by atoms with Crippen molar-refractivity contribution in [2.24, 2.45) is 17.8 Å². The predicted octanol–water partition coefficient (Wildman–Crippen LogP) is 6.92. The van der Waals surface area contributed by atoms with Gasteiger partial charge in [0.05, 0.1) is 24.5 Å². The summed E-state index contributed by atoms with van der Waals surface area (Å²) in [5, 5.41) is 10.2. The summed E-state index contributed by atoms with van der Waals surface area (Å²) in [5.41, 5.74) is 6.39. The molecular weight excluding hydrogens is 526 g/mol. The summed E-state index contributed by atoms with van der Waals surface area (Å²) in [5.74, 6) is 0.503. The third kappa shape index (κ3) is 5.54. The highest BCUT2D eigenvalue weighted by atomic mass is 16.5. The summed E-state index contributed by atoms with van der Waals surface area (Å²) in [7, 11) is 0. The van der Waals surface area contributed by atoms with Crippen LogP contribution in [0.3, 0.4) is 0 Å². The highest BCUT2D eigenvalue weighted by molar-refractivity contribution is 6.06. The van der Waals surface area contributed by atoms with Gasteiger partial charge in [0.1, 0.15) is 18.1 Å². The zero-order chi connectivity index (χ0) is 29.4. The molecule has 2 heterocycles. The van der Waals surface area contributed by atoms with Gasteiger partial charge in [0.2, 0.25) is 11.8 Å². The standard InChI is InChI=1S/C36H43NO5/c1-22(16-25-17-23(2)34(38)24(3)18-25)14-15-31-32-26(20-41-28-12-8-5-9-13-28)19-29-33(30(32)21-42-31)36(40)37(35(29)39)27-10-6-4-7-11-27/h5,8-9,12-13,16-18,27,29-31,33,38H,4,6-7,10-11,14-15,19-21H2,1-3H3/b22-16+/t29-,30+,31-,33-/m1/s1. The fourth-order valence-electron chi connectivity index (χ4n) is 7.80. The third-order valence-electron chi connectivity index (χ3n) is 9.87. The second kappa shape index (κ2) is 12.1. The third-order valence-corrected chi connectivity index (χ3v) is 9.87. The fraction of sp³-hybridized carbons (Fsp3) is 0.500. The Morgan fingerprint density at radius 3 is 2.45 bits per heavy atom. The minimum Gasteiger partial charge on any atom is -0.507 e. The highest BCUT2D eigenvalue weighted by Gasteiger charge is 2.58. The lowest BCUT2D eigenvalue weighted by Crippen LogP contribution is -2.42. The molecule has 3 fully saturated rings. The molecule has 6 nitrogen and oxygen atoms in total. The molecule has 6 heteroatoms. The topological polar surface area (TPSA) is 76.1 Å². The van der Waals surface area contributed by atoms with Crippen molar-refractivity contribution in [3.8, 4) is 11.5 Å². The number of rotatable bonds is 8. The van der Waals surface area contributed by atoms with E-state index in [9.17, 15) is 14.7 Å². The lowest BCUT2D eigenvalue weighted by atomic mass is 9.69. The van der Waals surface area contributed by atoms with Crippen LogP contribution < -0.4 is 4.74 Å². The molecule has 42 heavy (non-hydrogen) atoms. The molecule has 0 spiro atoms. The Morgan fingerprint density at radius 1 is 1.02 bits per heavy atom. The van der Waals surface area contributed by atoms with Crippen LogP contribution in [0, 0.1) is 31.6 Å². The van der Waals surface area contributed by atoms with E-state index in [4.69, 9.17) is 9.47 Å². The average Bonchev–Trinajstić information content (AvgIpc) is 3.52. The first kappa shape index (κ1) is 28.7. The molecule has 2 aromatic carbocycles. The van der Waals surface area contributed by atoms with Gasteiger partial charge in [-0.1, -0.05) is 49.1 Å². The van der Waals surface area contributed by atoms with Crippen molar-refractivity contribution in [1.29, 1.82) is 0 Å². The number of ether oxygens (including phenoxy) is 2. The van der Waals surface area contributed by atoms with Crippen LogP contribution in [0.4, 0.5) is 0 Å². The van der Waals surface area contributed by atoms with Gasteiger partial charge in [-0.3, -0.25) is 14.5 Å². The summed E-state index contributed by atoms with van der Waals surface area (Å²) in [4.78, 5) is 29.3. The van der Waals surface area contributed by atoms with Crippen LogP contribution in [0.1, 0.15) is 75.0 Å². The van der Waals surface area contributed by atoms with Crippen molar-refractivity contribution < 1.29 is 24.2 Å². The molecule has 0 radical (unpaired) electrons. The first-order valence-electron chi connectivity index (χ1n) is 15.7. The predicted molar refractivity (Wildman–Crippen MR) is 163 cm³/mol. The number of aryl methyl sites for hydroxylation is 2. The Balaban J connectivity index is 1.24. The van der Waals surface area contributed by atoms with Crippen molar-refractivity contribution in [2.75, 3.05) is 13.2 Å². The summed E-state index contributed by atoms with van der Waals surface area (Å²) in [6, 6.07) is 13.9. The fourth-order valence-corrected chi connectivity index (χ4v) is 7.80. The Labute approximate surface area is 249 Å². The van der Waals surface area contributed by atoms with Crippen molar-refractivity contribution in [1.82, 2.24) is 4.90 Å². The quantitative estimate of drug-likeness (QED) is 0.276.